The molecule has 0 aromatic heterocycles. The molecule has 0 aliphatic carbocycles. The van der Waals surface area contributed by atoms with E-state index in [1.807, 2.05) is 0 Å². The van der Waals surface area contributed by atoms with E-state index in [1.54, 1.807) is 0 Å². The van der Waals surface area contributed by atoms with Crippen LogP contribution in [0.1, 0.15) is 91.4 Å². The van der Waals surface area contributed by atoms with E-state index in [2.05, 4.69) is 31.0 Å². The standard InChI is InChI=1S/C23H42N2O3/c1-18(2)9-6-10-19(3)24-22(26)13-7-14-23(27)28-17-20-11-8-16-25-15-5-4-12-21(20)25/h18-21H,4-17H2,1-3H3,(H,24,26)/t19-,20-,21+/m0/s1. The van der Waals surface area contributed by atoms with Gasteiger partial charge in [0.25, 0.3) is 0 Å². The fraction of sp³-hybridized carbons (Fsp3) is 0.913. The highest BCUT2D eigenvalue weighted by atomic mass is 16.5. The fourth-order valence-electron chi connectivity index (χ4n) is 4.69. The maximum atomic E-state index is 12.1. The molecule has 1 N–H and O–H groups in total. The molecule has 162 valence electrons. The van der Waals surface area contributed by atoms with Gasteiger partial charge in [-0.2, -0.15) is 0 Å². The third-order valence-corrected chi connectivity index (χ3v) is 6.30. The Bertz CT molecular complexity index is 478. The Hall–Kier alpha value is -1.10. The predicted molar refractivity (Wildman–Crippen MR) is 113 cm³/mol. The Morgan fingerprint density at radius 2 is 1.79 bits per heavy atom. The molecule has 0 spiro atoms. The number of hydrogen-bond donors (Lipinski definition) is 1. The number of piperidine rings is 2. The lowest BCUT2D eigenvalue weighted by Gasteiger charge is -2.44. The lowest BCUT2D eigenvalue weighted by molar-refractivity contribution is -0.146. The number of amides is 1. The maximum absolute atomic E-state index is 12.1. The molecular formula is C23H42N2O3. The summed E-state index contributed by atoms with van der Waals surface area (Å²) in [6.07, 6.45) is 10.9. The van der Waals surface area contributed by atoms with Crippen molar-refractivity contribution in [2.24, 2.45) is 11.8 Å². The number of carbonyl (C=O) groups is 2. The van der Waals surface area contributed by atoms with Crippen molar-refractivity contribution in [3.63, 3.8) is 0 Å². The molecule has 2 aliphatic heterocycles. The van der Waals surface area contributed by atoms with Gasteiger partial charge in [-0.1, -0.05) is 33.1 Å². The first-order chi connectivity index (χ1) is 13.5. The van der Waals surface area contributed by atoms with Gasteiger partial charge in [0.15, 0.2) is 0 Å². The smallest absolute Gasteiger partial charge is 0.305 e. The molecule has 1 amide bonds. The van der Waals surface area contributed by atoms with Gasteiger partial charge in [0.2, 0.25) is 5.91 Å². The van der Waals surface area contributed by atoms with Gasteiger partial charge in [0.05, 0.1) is 6.61 Å². The van der Waals surface area contributed by atoms with E-state index >= 15 is 0 Å². The van der Waals surface area contributed by atoms with Gasteiger partial charge in [-0.15, -0.1) is 0 Å². The third kappa shape index (κ3) is 8.50. The normalized spacial score (nSPS) is 23.9. The first-order valence-corrected chi connectivity index (χ1v) is 11.6. The van der Waals surface area contributed by atoms with Crippen molar-refractivity contribution in [2.45, 2.75) is 103 Å². The summed E-state index contributed by atoms with van der Waals surface area (Å²) >= 11 is 0. The van der Waals surface area contributed by atoms with Crippen LogP contribution in [0.2, 0.25) is 0 Å². The third-order valence-electron chi connectivity index (χ3n) is 6.30. The van der Waals surface area contributed by atoms with Crippen molar-refractivity contribution in [2.75, 3.05) is 19.7 Å². The number of nitrogens with one attached hydrogen (secondary N) is 1. The van der Waals surface area contributed by atoms with Crippen LogP contribution in [0.15, 0.2) is 0 Å². The summed E-state index contributed by atoms with van der Waals surface area (Å²) in [4.78, 5) is 26.7. The molecule has 0 radical (unpaired) electrons. The van der Waals surface area contributed by atoms with Gasteiger partial charge >= 0.3 is 5.97 Å². The number of nitrogens with zero attached hydrogens (tertiary/aromatic N) is 1. The van der Waals surface area contributed by atoms with Crippen molar-refractivity contribution in [3.05, 3.63) is 0 Å². The van der Waals surface area contributed by atoms with Gasteiger partial charge in [-0.3, -0.25) is 14.5 Å². The summed E-state index contributed by atoms with van der Waals surface area (Å²) < 4.78 is 5.57. The molecule has 2 fully saturated rings. The molecule has 3 atom stereocenters. The Labute approximate surface area is 172 Å². The summed E-state index contributed by atoms with van der Waals surface area (Å²) in [5.74, 6) is 1.11. The van der Waals surface area contributed by atoms with Crippen molar-refractivity contribution in [1.82, 2.24) is 10.2 Å². The van der Waals surface area contributed by atoms with Crippen LogP contribution in [0.3, 0.4) is 0 Å². The molecule has 2 rings (SSSR count). The van der Waals surface area contributed by atoms with Crippen LogP contribution in [-0.4, -0.2) is 48.6 Å². The molecule has 2 saturated heterocycles. The Balaban J connectivity index is 1.55. The number of carbonyl (C=O) groups excluding carboxylic acids is 2. The van der Waals surface area contributed by atoms with E-state index in [9.17, 15) is 9.59 Å². The second-order valence-electron chi connectivity index (χ2n) is 9.33. The van der Waals surface area contributed by atoms with Gasteiger partial charge in [0, 0.05) is 30.8 Å². The molecule has 0 unspecified atom stereocenters. The second kappa shape index (κ2) is 12.5. The highest BCUT2D eigenvalue weighted by Gasteiger charge is 2.33. The number of hydrogen-bond acceptors (Lipinski definition) is 4. The van der Waals surface area contributed by atoms with Gasteiger partial charge in [-0.25, -0.2) is 0 Å². The van der Waals surface area contributed by atoms with Crippen LogP contribution in [0, 0.1) is 11.8 Å². The van der Waals surface area contributed by atoms with Crippen molar-refractivity contribution < 1.29 is 14.3 Å². The molecule has 0 aromatic rings. The van der Waals surface area contributed by atoms with Crippen LogP contribution in [0.4, 0.5) is 0 Å². The summed E-state index contributed by atoms with van der Waals surface area (Å²) in [5, 5.41) is 3.05. The molecule has 0 saturated carbocycles. The first-order valence-electron chi connectivity index (χ1n) is 11.6. The van der Waals surface area contributed by atoms with Gasteiger partial charge < -0.3 is 10.1 Å². The monoisotopic (exact) mass is 394 g/mol. The number of rotatable bonds is 11. The van der Waals surface area contributed by atoms with Crippen LogP contribution >= 0.6 is 0 Å². The first kappa shape index (κ1) is 23.2. The highest BCUT2D eigenvalue weighted by Crippen LogP contribution is 2.31. The zero-order valence-corrected chi connectivity index (χ0v) is 18.4. The summed E-state index contributed by atoms with van der Waals surface area (Å²) in [6.45, 7) is 9.48. The Kier molecular flexibility index (Phi) is 10.3. The van der Waals surface area contributed by atoms with Crippen molar-refractivity contribution >= 4 is 11.9 Å². The molecule has 0 aromatic carbocycles. The molecular weight excluding hydrogens is 352 g/mol. The van der Waals surface area contributed by atoms with Crippen LogP contribution in [-0.2, 0) is 14.3 Å². The Morgan fingerprint density at radius 3 is 2.57 bits per heavy atom. The van der Waals surface area contributed by atoms with Gasteiger partial charge in [0.1, 0.15) is 0 Å². The zero-order chi connectivity index (χ0) is 20.4. The average molecular weight is 395 g/mol. The zero-order valence-electron chi connectivity index (χ0n) is 18.4. The molecule has 5 nitrogen and oxygen atoms in total. The minimum Gasteiger partial charge on any atom is -0.465 e. The molecule has 2 heterocycles. The molecule has 2 aliphatic rings. The van der Waals surface area contributed by atoms with E-state index in [0.717, 1.165) is 12.8 Å². The van der Waals surface area contributed by atoms with E-state index in [0.29, 0.717) is 43.7 Å². The summed E-state index contributed by atoms with van der Waals surface area (Å²) in [6, 6.07) is 0.821. The van der Waals surface area contributed by atoms with Crippen LogP contribution in [0.25, 0.3) is 0 Å². The number of ether oxygens (including phenoxy) is 1. The SMILES string of the molecule is CC(C)CCC[C@H](C)NC(=O)CCCC(=O)OC[C@@H]1CCCN2CCCC[C@H]12. The predicted octanol–water partition coefficient (Wildman–Crippen LogP) is 4.30. The fourth-order valence-corrected chi connectivity index (χ4v) is 4.69. The van der Waals surface area contributed by atoms with Crippen LogP contribution in [0.5, 0.6) is 0 Å². The quantitative estimate of drug-likeness (QED) is 0.531. The van der Waals surface area contributed by atoms with Crippen molar-refractivity contribution in [3.8, 4) is 0 Å². The number of fused-ring (bicyclic) bond motifs is 1. The largest absolute Gasteiger partial charge is 0.465 e. The topological polar surface area (TPSA) is 58.6 Å². The minimum absolute atomic E-state index is 0.0509. The molecule has 5 heteroatoms. The van der Waals surface area contributed by atoms with E-state index < -0.39 is 0 Å². The summed E-state index contributed by atoms with van der Waals surface area (Å²) in [7, 11) is 0. The second-order valence-corrected chi connectivity index (χ2v) is 9.33. The van der Waals surface area contributed by atoms with Crippen molar-refractivity contribution in [1.29, 1.82) is 0 Å². The average Bonchev–Trinajstić information content (AvgIpc) is 2.66. The highest BCUT2D eigenvalue weighted by molar-refractivity contribution is 5.77. The van der Waals surface area contributed by atoms with Crippen LogP contribution < -0.4 is 5.32 Å². The Morgan fingerprint density at radius 1 is 1.00 bits per heavy atom. The maximum Gasteiger partial charge on any atom is 0.305 e. The molecule has 0 bridgehead atoms. The van der Waals surface area contributed by atoms with E-state index in [1.165, 1.54) is 51.6 Å². The minimum atomic E-state index is -0.147. The lowest BCUT2D eigenvalue weighted by Crippen LogP contribution is -2.49. The molecule has 28 heavy (non-hydrogen) atoms. The lowest BCUT2D eigenvalue weighted by atomic mass is 9.84. The summed E-state index contributed by atoms with van der Waals surface area (Å²) in [5.41, 5.74) is 0. The number of esters is 1. The van der Waals surface area contributed by atoms with E-state index in [4.69, 9.17) is 4.74 Å². The van der Waals surface area contributed by atoms with Gasteiger partial charge in [-0.05, 0) is 64.5 Å². The van der Waals surface area contributed by atoms with E-state index in [-0.39, 0.29) is 17.9 Å².